The van der Waals surface area contributed by atoms with Crippen LogP contribution in [0.3, 0.4) is 0 Å². The van der Waals surface area contributed by atoms with Gasteiger partial charge in [0.25, 0.3) is 0 Å². The predicted molar refractivity (Wildman–Crippen MR) is 56.4 cm³/mol. The number of hydrogen-bond donors (Lipinski definition) is 1. The fourth-order valence-corrected chi connectivity index (χ4v) is 3.19. The Kier molecular flexibility index (Phi) is 1.83. The molecule has 1 atom stereocenters. The topological polar surface area (TPSA) is 26.0 Å². The van der Waals surface area contributed by atoms with Gasteiger partial charge in [-0.2, -0.15) is 0 Å². The highest BCUT2D eigenvalue weighted by atomic mass is 14.8. The van der Waals surface area contributed by atoms with Crippen LogP contribution < -0.4 is 5.73 Å². The molecule has 0 saturated heterocycles. The minimum absolute atomic E-state index is 0.456. The zero-order chi connectivity index (χ0) is 9.85. The van der Waals surface area contributed by atoms with Crippen molar-refractivity contribution in [2.75, 3.05) is 0 Å². The molecule has 0 aromatic carbocycles. The Bertz CT molecular complexity index is 199. The lowest BCUT2D eigenvalue weighted by atomic mass is 10.00. The van der Waals surface area contributed by atoms with E-state index in [0.29, 0.717) is 16.9 Å². The van der Waals surface area contributed by atoms with E-state index in [0.717, 1.165) is 11.8 Å². The third-order valence-corrected chi connectivity index (χ3v) is 4.86. The highest BCUT2D eigenvalue weighted by Crippen LogP contribution is 2.70. The summed E-state index contributed by atoms with van der Waals surface area (Å²) in [4.78, 5) is 0. The molecule has 0 spiro atoms. The summed E-state index contributed by atoms with van der Waals surface area (Å²) in [5, 5.41) is 0. The Balaban J connectivity index is 1.94. The van der Waals surface area contributed by atoms with Gasteiger partial charge in [-0.25, -0.2) is 0 Å². The minimum atomic E-state index is 0.456. The molecular weight excluding hydrogens is 158 g/mol. The summed E-state index contributed by atoms with van der Waals surface area (Å²) in [5.41, 5.74) is 7.22. The number of hydrogen-bond acceptors (Lipinski definition) is 1. The molecular formula is C12H23N. The van der Waals surface area contributed by atoms with Gasteiger partial charge in [0.1, 0.15) is 0 Å². The lowest BCUT2D eigenvalue weighted by Gasteiger charge is -2.12. The van der Waals surface area contributed by atoms with Crippen LogP contribution in [0, 0.1) is 22.7 Å². The van der Waals surface area contributed by atoms with Crippen LogP contribution in [0.1, 0.15) is 47.0 Å². The second-order valence-electron chi connectivity index (χ2n) is 6.26. The molecule has 1 heteroatoms. The molecule has 2 aliphatic rings. The van der Waals surface area contributed by atoms with Crippen LogP contribution in [0.25, 0.3) is 0 Å². The maximum absolute atomic E-state index is 6.27. The zero-order valence-corrected chi connectivity index (χ0v) is 9.43. The highest BCUT2D eigenvalue weighted by molar-refractivity contribution is 5.16. The zero-order valence-electron chi connectivity index (χ0n) is 9.43. The molecule has 0 aromatic rings. The van der Waals surface area contributed by atoms with Gasteiger partial charge in [0.15, 0.2) is 0 Å². The molecule has 76 valence electrons. The second-order valence-corrected chi connectivity index (χ2v) is 6.26. The van der Waals surface area contributed by atoms with E-state index in [1.165, 1.54) is 19.3 Å². The summed E-state index contributed by atoms with van der Waals surface area (Å²) in [5.74, 6) is 1.72. The van der Waals surface area contributed by atoms with Gasteiger partial charge in [0.2, 0.25) is 0 Å². The molecule has 0 heterocycles. The summed E-state index contributed by atoms with van der Waals surface area (Å²) >= 11 is 0. The van der Waals surface area contributed by atoms with Crippen molar-refractivity contribution >= 4 is 0 Å². The molecule has 0 aromatic heterocycles. The quantitative estimate of drug-likeness (QED) is 0.712. The second kappa shape index (κ2) is 2.50. The van der Waals surface area contributed by atoms with Gasteiger partial charge >= 0.3 is 0 Å². The molecule has 13 heavy (non-hydrogen) atoms. The van der Waals surface area contributed by atoms with Gasteiger partial charge < -0.3 is 5.73 Å². The van der Waals surface area contributed by atoms with E-state index in [-0.39, 0.29) is 0 Å². The van der Waals surface area contributed by atoms with Crippen molar-refractivity contribution in [3.8, 4) is 0 Å². The SMILES string of the molecule is CC1(C)C(C(N)CC2CC2)C1(C)C. The van der Waals surface area contributed by atoms with Crippen molar-refractivity contribution in [3.05, 3.63) is 0 Å². The standard InChI is InChI=1S/C12H23N/c1-11(2)10(12(11,3)4)9(13)7-8-5-6-8/h8-10H,5-7,13H2,1-4H3. The van der Waals surface area contributed by atoms with Crippen molar-refractivity contribution < 1.29 is 0 Å². The van der Waals surface area contributed by atoms with Gasteiger partial charge in [-0.15, -0.1) is 0 Å². The van der Waals surface area contributed by atoms with E-state index in [1.807, 2.05) is 0 Å². The van der Waals surface area contributed by atoms with Crippen LogP contribution in [-0.2, 0) is 0 Å². The van der Waals surface area contributed by atoms with E-state index in [4.69, 9.17) is 5.73 Å². The van der Waals surface area contributed by atoms with Crippen LogP contribution in [0.5, 0.6) is 0 Å². The van der Waals surface area contributed by atoms with Crippen molar-refractivity contribution in [2.45, 2.75) is 53.0 Å². The molecule has 0 aliphatic heterocycles. The van der Waals surface area contributed by atoms with E-state index < -0.39 is 0 Å². The van der Waals surface area contributed by atoms with Gasteiger partial charge in [0.05, 0.1) is 0 Å². The fraction of sp³-hybridized carbons (Fsp3) is 1.00. The number of rotatable bonds is 3. The number of nitrogens with two attached hydrogens (primary N) is 1. The molecule has 0 radical (unpaired) electrons. The van der Waals surface area contributed by atoms with Gasteiger partial charge in [0, 0.05) is 6.04 Å². The lowest BCUT2D eigenvalue weighted by Crippen LogP contribution is -2.26. The molecule has 0 amide bonds. The first kappa shape index (κ1) is 9.51. The first-order valence-corrected chi connectivity index (χ1v) is 5.63. The van der Waals surface area contributed by atoms with Crippen LogP contribution in [-0.4, -0.2) is 6.04 Å². The van der Waals surface area contributed by atoms with Gasteiger partial charge in [-0.3, -0.25) is 0 Å². The Morgan fingerprint density at radius 1 is 1.15 bits per heavy atom. The van der Waals surface area contributed by atoms with Crippen LogP contribution >= 0.6 is 0 Å². The van der Waals surface area contributed by atoms with Crippen molar-refractivity contribution in [1.82, 2.24) is 0 Å². The third-order valence-electron chi connectivity index (χ3n) is 4.86. The Morgan fingerprint density at radius 2 is 1.62 bits per heavy atom. The molecule has 2 aliphatic carbocycles. The van der Waals surface area contributed by atoms with Crippen molar-refractivity contribution in [1.29, 1.82) is 0 Å². The van der Waals surface area contributed by atoms with E-state index in [1.54, 1.807) is 0 Å². The van der Waals surface area contributed by atoms with Crippen LogP contribution in [0.15, 0.2) is 0 Å². The molecule has 2 N–H and O–H groups in total. The summed E-state index contributed by atoms with van der Waals surface area (Å²) in [6.07, 6.45) is 4.14. The molecule has 2 fully saturated rings. The van der Waals surface area contributed by atoms with Gasteiger partial charge in [-0.1, -0.05) is 40.5 Å². The molecule has 1 unspecified atom stereocenters. The third kappa shape index (κ3) is 1.32. The normalized spacial score (nSPS) is 33.0. The van der Waals surface area contributed by atoms with E-state index >= 15 is 0 Å². The maximum Gasteiger partial charge on any atom is 0.00804 e. The summed E-state index contributed by atoms with van der Waals surface area (Å²) < 4.78 is 0. The Labute approximate surface area is 82.1 Å². The summed E-state index contributed by atoms with van der Waals surface area (Å²) in [7, 11) is 0. The van der Waals surface area contributed by atoms with Crippen LogP contribution in [0.2, 0.25) is 0 Å². The highest BCUT2D eigenvalue weighted by Gasteiger charge is 2.66. The average molecular weight is 181 g/mol. The summed E-state index contributed by atoms with van der Waals surface area (Å²) in [6, 6.07) is 0.456. The van der Waals surface area contributed by atoms with Crippen LogP contribution in [0.4, 0.5) is 0 Å². The van der Waals surface area contributed by atoms with E-state index in [2.05, 4.69) is 27.7 Å². The maximum atomic E-state index is 6.27. The van der Waals surface area contributed by atoms with Gasteiger partial charge in [-0.05, 0) is 29.1 Å². The molecule has 2 saturated carbocycles. The monoisotopic (exact) mass is 181 g/mol. The Hall–Kier alpha value is -0.0400. The fourth-order valence-electron chi connectivity index (χ4n) is 3.19. The first-order chi connectivity index (χ1) is 5.87. The first-order valence-electron chi connectivity index (χ1n) is 5.63. The lowest BCUT2D eigenvalue weighted by molar-refractivity contribution is 0.438. The molecule has 0 bridgehead atoms. The predicted octanol–water partition coefficient (Wildman–Crippen LogP) is 2.80. The van der Waals surface area contributed by atoms with E-state index in [9.17, 15) is 0 Å². The summed E-state index contributed by atoms with van der Waals surface area (Å²) in [6.45, 7) is 9.46. The molecule has 1 nitrogen and oxygen atoms in total. The largest absolute Gasteiger partial charge is 0.327 e. The van der Waals surface area contributed by atoms with Crippen molar-refractivity contribution in [3.63, 3.8) is 0 Å². The smallest absolute Gasteiger partial charge is 0.00804 e. The average Bonchev–Trinajstić information content (AvgIpc) is 2.75. The van der Waals surface area contributed by atoms with Crippen molar-refractivity contribution in [2.24, 2.45) is 28.4 Å². The minimum Gasteiger partial charge on any atom is -0.327 e. The molecule has 2 rings (SSSR count). The Morgan fingerprint density at radius 3 is 1.92 bits per heavy atom.